The minimum absolute atomic E-state index is 0.00815. The van der Waals surface area contributed by atoms with Gasteiger partial charge in [0.15, 0.2) is 0 Å². The maximum atomic E-state index is 13.6. The van der Waals surface area contributed by atoms with Crippen LogP contribution in [0.4, 0.5) is 10.5 Å². The first-order valence-electron chi connectivity index (χ1n) is 11.5. The van der Waals surface area contributed by atoms with Crippen LogP contribution in [0.2, 0.25) is 0 Å². The van der Waals surface area contributed by atoms with Gasteiger partial charge in [0.05, 0.1) is 30.2 Å². The minimum Gasteiger partial charge on any atom is -0.317 e. The Morgan fingerprint density at radius 3 is 2.31 bits per heavy atom. The number of amides is 2. The van der Waals surface area contributed by atoms with Gasteiger partial charge in [0.1, 0.15) is 6.07 Å². The fourth-order valence-corrected chi connectivity index (χ4v) is 5.65. The Labute approximate surface area is 189 Å². The number of hydrogen-bond donors (Lipinski definition) is 0. The zero-order valence-corrected chi connectivity index (χ0v) is 18.9. The van der Waals surface area contributed by atoms with Crippen molar-refractivity contribution >= 4 is 11.7 Å². The first-order valence-corrected chi connectivity index (χ1v) is 11.5. The Hall–Kier alpha value is -2.98. The van der Waals surface area contributed by atoms with Gasteiger partial charge in [-0.3, -0.25) is 9.80 Å². The predicted octanol–water partition coefficient (Wildman–Crippen LogP) is 3.77. The lowest BCUT2D eigenvalue weighted by atomic mass is 9.68. The average molecular weight is 431 g/mol. The molecule has 1 spiro atoms. The fraction of sp³-hybridized carbons (Fsp3) is 0.520. The molecule has 0 atom stereocenters. The normalized spacial score (nSPS) is 27.9. The standard InChI is InChI=1S/C25H30N6O/c1-29(2)25(20-6-4-3-5-7-20)12-10-24(11-13-25)18-30(21-15-27-22(14-26)28-16-21)23(32)31(24)17-19-8-9-19/h3-7,15-16,19H,8-13,17-18H2,1-2H3/t24-,25+. The van der Waals surface area contributed by atoms with Crippen LogP contribution in [0.25, 0.3) is 0 Å². The van der Waals surface area contributed by atoms with E-state index < -0.39 is 0 Å². The molecular weight excluding hydrogens is 400 g/mol. The molecule has 1 saturated heterocycles. The molecule has 7 heteroatoms. The molecule has 2 aromatic rings. The lowest BCUT2D eigenvalue weighted by Crippen LogP contribution is -2.55. The van der Waals surface area contributed by atoms with Gasteiger partial charge in [-0.15, -0.1) is 0 Å². The fourth-order valence-electron chi connectivity index (χ4n) is 5.65. The van der Waals surface area contributed by atoms with Crippen LogP contribution in [0.15, 0.2) is 42.7 Å². The third kappa shape index (κ3) is 3.43. The van der Waals surface area contributed by atoms with E-state index in [1.165, 1.54) is 18.4 Å². The van der Waals surface area contributed by atoms with Crippen molar-refractivity contribution in [2.45, 2.75) is 49.6 Å². The maximum Gasteiger partial charge on any atom is 0.325 e. The number of urea groups is 1. The SMILES string of the molecule is CN(C)[C@]1(c2ccccc2)CC[C@]2(CC1)CN(c1cnc(C#N)nc1)C(=O)N2CC1CC1. The van der Waals surface area contributed by atoms with Crippen LogP contribution < -0.4 is 4.90 Å². The second-order valence-corrected chi connectivity index (χ2v) is 9.82. The number of benzene rings is 1. The summed E-state index contributed by atoms with van der Waals surface area (Å²) >= 11 is 0. The zero-order valence-electron chi connectivity index (χ0n) is 18.9. The van der Waals surface area contributed by atoms with E-state index in [2.05, 4.69) is 64.2 Å². The molecule has 0 bridgehead atoms. The Kier molecular flexibility index (Phi) is 5.13. The van der Waals surface area contributed by atoms with E-state index in [1.807, 2.05) is 11.0 Å². The van der Waals surface area contributed by atoms with E-state index in [0.29, 0.717) is 18.2 Å². The molecule has 0 N–H and O–H groups in total. The monoisotopic (exact) mass is 430 g/mol. The number of carbonyl (C=O) groups excluding carboxylic acids is 1. The largest absolute Gasteiger partial charge is 0.325 e. The summed E-state index contributed by atoms with van der Waals surface area (Å²) in [5, 5.41) is 9.01. The molecule has 5 rings (SSSR count). The third-order valence-corrected chi connectivity index (χ3v) is 7.85. The molecule has 2 amide bonds. The summed E-state index contributed by atoms with van der Waals surface area (Å²) < 4.78 is 0. The summed E-state index contributed by atoms with van der Waals surface area (Å²) in [6.45, 7) is 1.50. The second-order valence-electron chi connectivity index (χ2n) is 9.82. The Bertz CT molecular complexity index is 1020. The highest BCUT2D eigenvalue weighted by Gasteiger charge is 2.55. The topological polar surface area (TPSA) is 76.4 Å². The molecule has 3 aliphatic rings. The molecule has 2 heterocycles. The van der Waals surface area contributed by atoms with Crippen LogP contribution in [0.3, 0.4) is 0 Å². The van der Waals surface area contributed by atoms with Gasteiger partial charge in [-0.1, -0.05) is 30.3 Å². The smallest absolute Gasteiger partial charge is 0.317 e. The Morgan fingerprint density at radius 1 is 1.09 bits per heavy atom. The van der Waals surface area contributed by atoms with E-state index in [1.54, 1.807) is 12.4 Å². The Balaban J connectivity index is 1.44. The number of anilines is 1. The van der Waals surface area contributed by atoms with Crippen LogP contribution in [0.1, 0.15) is 49.9 Å². The summed E-state index contributed by atoms with van der Waals surface area (Å²) in [4.78, 5) is 28.1. The quantitative estimate of drug-likeness (QED) is 0.722. The van der Waals surface area contributed by atoms with Gasteiger partial charge in [-0.2, -0.15) is 5.26 Å². The average Bonchev–Trinajstić information content (AvgIpc) is 3.62. The van der Waals surface area contributed by atoms with Crippen molar-refractivity contribution in [1.82, 2.24) is 19.8 Å². The van der Waals surface area contributed by atoms with Gasteiger partial charge in [-0.25, -0.2) is 14.8 Å². The van der Waals surface area contributed by atoms with E-state index in [9.17, 15) is 4.79 Å². The van der Waals surface area contributed by atoms with Gasteiger partial charge < -0.3 is 4.90 Å². The highest BCUT2D eigenvalue weighted by molar-refractivity contribution is 5.95. The van der Waals surface area contributed by atoms with E-state index in [0.717, 1.165) is 32.2 Å². The number of carbonyl (C=O) groups is 1. The summed E-state index contributed by atoms with van der Waals surface area (Å²) in [6, 6.07) is 12.8. The van der Waals surface area contributed by atoms with Crippen LogP contribution in [-0.4, -0.2) is 58.5 Å². The van der Waals surface area contributed by atoms with Crippen LogP contribution in [-0.2, 0) is 5.54 Å². The van der Waals surface area contributed by atoms with Gasteiger partial charge in [0.2, 0.25) is 5.82 Å². The van der Waals surface area contributed by atoms with Gasteiger partial charge in [0.25, 0.3) is 0 Å². The Morgan fingerprint density at radius 2 is 1.75 bits per heavy atom. The second kappa shape index (κ2) is 7.86. The molecule has 7 nitrogen and oxygen atoms in total. The van der Waals surface area contributed by atoms with Crippen molar-refractivity contribution in [3.8, 4) is 6.07 Å². The lowest BCUT2D eigenvalue weighted by molar-refractivity contribution is 0.0249. The van der Waals surface area contributed by atoms with Crippen molar-refractivity contribution in [2.75, 3.05) is 32.1 Å². The summed E-state index contributed by atoms with van der Waals surface area (Å²) in [5.74, 6) is 0.754. The molecule has 3 fully saturated rings. The van der Waals surface area contributed by atoms with Crippen molar-refractivity contribution < 1.29 is 4.79 Å². The molecule has 1 aromatic heterocycles. The van der Waals surface area contributed by atoms with Crippen LogP contribution in [0, 0.1) is 17.2 Å². The van der Waals surface area contributed by atoms with Gasteiger partial charge in [-0.05, 0) is 64.1 Å². The highest BCUT2D eigenvalue weighted by Crippen LogP contribution is 2.50. The minimum atomic E-state index is -0.165. The first-order chi connectivity index (χ1) is 15.5. The molecule has 0 unspecified atom stereocenters. The molecule has 1 aromatic carbocycles. The lowest BCUT2D eigenvalue weighted by Gasteiger charge is -2.51. The van der Waals surface area contributed by atoms with Crippen molar-refractivity contribution in [3.63, 3.8) is 0 Å². The van der Waals surface area contributed by atoms with Gasteiger partial charge in [0, 0.05) is 12.1 Å². The van der Waals surface area contributed by atoms with E-state index in [-0.39, 0.29) is 22.9 Å². The molecule has 32 heavy (non-hydrogen) atoms. The summed E-state index contributed by atoms with van der Waals surface area (Å²) in [6.07, 6.45) is 9.59. The van der Waals surface area contributed by atoms with Crippen molar-refractivity contribution in [2.24, 2.45) is 5.92 Å². The van der Waals surface area contributed by atoms with E-state index >= 15 is 0 Å². The molecule has 166 valence electrons. The summed E-state index contributed by atoms with van der Waals surface area (Å²) in [7, 11) is 4.35. The summed E-state index contributed by atoms with van der Waals surface area (Å²) in [5.41, 5.74) is 1.86. The number of nitrogens with zero attached hydrogens (tertiary/aromatic N) is 6. The number of aromatic nitrogens is 2. The molecule has 1 aliphatic heterocycles. The highest BCUT2D eigenvalue weighted by atomic mass is 16.2. The van der Waals surface area contributed by atoms with Crippen molar-refractivity contribution in [3.05, 3.63) is 54.1 Å². The van der Waals surface area contributed by atoms with Gasteiger partial charge >= 0.3 is 6.03 Å². The third-order valence-electron chi connectivity index (χ3n) is 7.85. The number of rotatable bonds is 5. The number of hydrogen-bond acceptors (Lipinski definition) is 5. The first kappa shape index (κ1) is 20.9. The molecule has 2 aliphatic carbocycles. The van der Waals surface area contributed by atoms with Crippen LogP contribution >= 0.6 is 0 Å². The molecule has 2 saturated carbocycles. The predicted molar refractivity (Wildman–Crippen MR) is 122 cm³/mol. The van der Waals surface area contributed by atoms with Crippen LogP contribution in [0.5, 0.6) is 0 Å². The molecular formula is C25H30N6O. The van der Waals surface area contributed by atoms with Crippen molar-refractivity contribution in [1.29, 1.82) is 5.26 Å². The zero-order chi connectivity index (χ0) is 22.3. The maximum absolute atomic E-state index is 13.6. The van der Waals surface area contributed by atoms with E-state index in [4.69, 9.17) is 5.26 Å². The number of nitriles is 1. The molecule has 0 radical (unpaired) electrons.